The predicted octanol–water partition coefficient (Wildman–Crippen LogP) is 2.98. The van der Waals surface area contributed by atoms with Crippen LogP contribution in [0.4, 0.5) is 5.69 Å². The minimum atomic E-state index is -0.424. The highest BCUT2D eigenvalue weighted by Gasteiger charge is 2.04. The van der Waals surface area contributed by atoms with Gasteiger partial charge in [0.2, 0.25) is 0 Å². The van der Waals surface area contributed by atoms with Crippen LogP contribution in [-0.2, 0) is 11.3 Å². The van der Waals surface area contributed by atoms with Gasteiger partial charge < -0.3 is 14.6 Å². The molecular weight excluding hydrogens is 266 g/mol. The molecular formula is C17H19NO3. The molecule has 0 aliphatic heterocycles. The zero-order chi connectivity index (χ0) is 14.9. The number of aliphatic hydroxyl groups is 1. The molecule has 1 atom stereocenters. The molecule has 0 aliphatic carbocycles. The van der Waals surface area contributed by atoms with E-state index in [1.807, 2.05) is 54.6 Å². The Morgan fingerprint density at radius 3 is 2.43 bits per heavy atom. The van der Waals surface area contributed by atoms with Crippen molar-refractivity contribution in [3.63, 3.8) is 0 Å². The highest BCUT2D eigenvalue weighted by molar-refractivity contribution is 5.68. The van der Waals surface area contributed by atoms with Gasteiger partial charge in [-0.25, -0.2) is 0 Å². The van der Waals surface area contributed by atoms with E-state index in [4.69, 9.17) is 9.47 Å². The second kappa shape index (κ2) is 8.19. The normalized spacial score (nSPS) is 12.5. The van der Waals surface area contributed by atoms with E-state index in [1.54, 1.807) is 13.3 Å². The van der Waals surface area contributed by atoms with Gasteiger partial charge in [-0.15, -0.1) is 0 Å². The molecule has 0 bridgehead atoms. The van der Waals surface area contributed by atoms with Crippen molar-refractivity contribution in [3.8, 4) is 5.75 Å². The van der Waals surface area contributed by atoms with Crippen LogP contribution in [0.1, 0.15) is 5.56 Å². The summed E-state index contributed by atoms with van der Waals surface area (Å²) in [7, 11) is 1.62. The molecule has 2 aromatic carbocycles. The third-order valence-corrected chi connectivity index (χ3v) is 2.95. The summed E-state index contributed by atoms with van der Waals surface area (Å²) in [4.78, 5) is 4.30. The van der Waals surface area contributed by atoms with Gasteiger partial charge in [0.15, 0.2) is 0 Å². The lowest BCUT2D eigenvalue weighted by Gasteiger charge is -2.10. The molecule has 0 saturated heterocycles. The topological polar surface area (TPSA) is 51.0 Å². The summed E-state index contributed by atoms with van der Waals surface area (Å²) < 4.78 is 10.7. The van der Waals surface area contributed by atoms with Gasteiger partial charge in [0, 0.05) is 6.21 Å². The number of ether oxygens (including phenoxy) is 2. The average molecular weight is 285 g/mol. The van der Waals surface area contributed by atoms with E-state index in [2.05, 4.69) is 4.99 Å². The van der Waals surface area contributed by atoms with E-state index in [-0.39, 0.29) is 6.61 Å². The molecule has 2 aromatic rings. The van der Waals surface area contributed by atoms with Crippen molar-refractivity contribution in [2.24, 2.45) is 4.99 Å². The minimum absolute atomic E-state index is 0.105. The minimum Gasteiger partial charge on any atom is -0.497 e. The second-order valence-electron chi connectivity index (χ2n) is 4.49. The van der Waals surface area contributed by atoms with Crippen molar-refractivity contribution in [2.45, 2.75) is 12.7 Å². The lowest BCUT2D eigenvalue weighted by molar-refractivity contribution is 0.0468. The maximum absolute atomic E-state index is 9.33. The predicted molar refractivity (Wildman–Crippen MR) is 83.3 cm³/mol. The van der Waals surface area contributed by atoms with E-state index in [0.717, 1.165) is 17.0 Å². The van der Waals surface area contributed by atoms with Crippen molar-refractivity contribution in [2.75, 3.05) is 13.7 Å². The maximum atomic E-state index is 9.33. The number of rotatable bonds is 7. The first-order valence-corrected chi connectivity index (χ1v) is 6.76. The second-order valence-corrected chi connectivity index (χ2v) is 4.49. The molecule has 2 rings (SSSR count). The monoisotopic (exact) mass is 285 g/mol. The fourth-order valence-electron chi connectivity index (χ4n) is 1.76. The Morgan fingerprint density at radius 2 is 1.81 bits per heavy atom. The Hall–Kier alpha value is -2.17. The Balaban J connectivity index is 1.90. The third-order valence-electron chi connectivity index (χ3n) is 2.95. The first kappa shape index (κ1) is 15.2. The smallest absolute Gasteiger partial charge is 0.119 e. The molecule has 0 saturated carbocycles. The van der Waals surface area contributed by atoms with E-state index in [9.17, 15) is 5.11 Å². The third kappa shape index (κ3) is 5.02. The molecule has 110 valence electrons. The SMILES string of the molecule is COc1ccc(N=C[C@H](CO)OCc2ccccc2)cc1. The molecule has 4 nitrogen and oxygen atoms in total. The summed E-state index contributed by atoms with van der Waals surface area (Å²) in [5.41, 5.74) is 1.85. The summed E-state index contributed by atoms with van der Waals surface area (Å²) in [6, 6.07) is 17.2. The number of benzene rings is 2. The average Bonchev–Trinajstić information content (AvgIpc) is 2.56. The number of aliphatic imine (C=N–C) groups is 1. The lowest BCUT2D eigenvalue weighted by Crippen LogP contribution is -2.19. The Kier molecular flexibility index (Phi) is 5.94. The highest BCUT2D eigenvalue weighted by Crippen LogP contribution is 2.17. The number of hydrogen-bond acceptors (Lipinski definition) is 4. The summed E-state index contributed by atoms with van der Waals surface area (Å²) in [6.07, 6.45) is 1.19. The van der Waals surface area contributed by atoms with Crippen molar-refractivity contribution in [3.05, 3.63) is 60.2 Å². The van der Waals surface area contributed by atoms with Crippen LogP contribution in [0.5, 0.6) is 5.75 Å². The van der Waals surface area contributed by atoms with Crippen LogP contribution in [0, 0.1) is 0 Å². The van der Waals surface area contributed by atoms with E-state index >= 15 is 0 Å². The maximum Gasteiger partial charge on any atom is 0.119 e. The van der Waals surface area contributed by atoms with E-state index in [0.29, 0.717) is 6.61 Å². The Morgan fingerprint density at radius 1 is 1.10 bits per heavy atom. The van der Waals surface area contributed by atoms with Gasteiger partial charge in [-0.2, -0.15) is 0 Å². The molecule has 0 unspecified atom stereocenters. The van der Waals surface area contributed by atoms with Gasteiger partial charge in [-0.1, -0.05) is 30.3 Å². The van der Waals surface area contributed by atoms with Gasteiger partial charge in [0.25, 0.3) is 0 Å². The van der Waals surface area contributed by atoms with Crippen LogP contribution in [0.3, 0.4) is 0 Å². The van der Waals surface area contributed by atoms with Crippen LogP contribution in [-0.4, -0.2) is 31.1 Å². The summed E-state index contributed by atoms with van der Waals surface area (Å²) >= 11 is 0. The van der Waals surface area contributed by atoms with Crippen molar-refractivity contribution >= 4 is 11.9 Å². The van der Waals surface area contributed by atoms with Crippen LogP contribution in [0.15, 0.2) is 59.6 Å². The number of aliphatic hydroxyl groups excluding tert-OH is 1. The first-order chi connectivity index (χ1) is 10.3. The largest absolute Gasteiger partial charge is 0.497 e. The quantitative estimate of drug-likeness (QED) is 0.796. The van der Waals surface area contributed by atoms with Crippen molar-refractivity contribution in [1.29, 1.82) is 0 Å². The molecule has 0 spiro atoms. The molecule has 1 N–H and O–H groups in total. The number of methoxy groups -OCH3 is 1. The van der Waals surface area contributed by atoms with E-state index in [1.165, 1.54) is 0 Å². The first-order valence-electron chi connectivity index (χ1n) is 6.76. The number of nitrogens with zero attached hydrogens (tertiary/aromatic N) is 1. The van der Waals surface area contributed by atoms with E-state index < -0.39 is 6.10 Å². The highest BCUT2D eigenvalue weighted by atomic mass is 16.5. The lowest BCUT2D eigenvalue weighted by atomic mass is 10.2. The van der Waals surface area contributed by atoms with Crippen LogP contribution in [0.25, 0.3) is 0 Å². The molecule has 0 heterocycles. The Labute approximate surface area is 124 Å². The fourth-order valence-corrected chi connectivity index (χ4v) is 1.76. The van der Waals surface area contributed by atoms with Crippen LogP contribution >= 0.6 is 0 Å². The molecule has 0 radical (unpaired) electrons. The molecule has 4 heteroatoms. The standard InChI is InChI=1S/C17H19NO3/c1-20-16-9-7-15(8-10-16)18-11-17(12-19)21-13-14-5-3-2-4-6-14/h2-11,17,19H,12-13H2,1H3/t17-/m1/s1. The van der Waals surface area contributed by atoms with Crippen molar-refractivity contribution < 1.29 is 14.6 Å². The van der Waals surface area contributed by atoms with Crippen LogP contribution in [0.2, 0.25) is 0 Å². The van der Waals surface area contributed by atoms with Crippen LogP contribution < -0.4 is 4.74 Å². The van der Waals surface area contributed by atoms with Gasteiger partial charge in [0.05, 0.1) is 26.0 Å². The van der Waals surface area contributed by atoms with Gasteiger partial charge in [0.1, 0.15) is 11.9 Å². The van der Waals surface area contributed by atoms with Gasteiger partial charge in [-0.05, 0) is 29.8 Å². The Bertz CT molecular complexity index is 552. The molecule has 0 fully saturated rings. The molecule has 21 heavy (non-hydrogen) atoms. The summed E-state index contributed by atoms with van der Waals surface area (Å²) in [5, 5.41) is 9.33. The zero-order valence-corrected chi connectivity index (χ0v) is 12.0. The summed E-state index contributed by atoms with van der Waals surface area (Å²) in [6.45, 7) is 0.340. The van der Waals surface area contributed by atoms with Gasteiger partial charge >= 0.3 is 0 Å². The fraction of sp³-hybridized carbons (Fsp3) is 0.235. The van der Waals surface area contributed by atoms with Crippen molar-refractivity contribution in [1.82, 2.24) is 0 Å². The zero-order valence-electron chi connectivity index (χ0n) is 12.0. The summed E-state index contributed by atoms with van der Waals surface area (Å²) in [5.74, 6) is 0.785. The molecule has 0 aromatic heterocycles. The van der Waals surface area contributed by atoms with Gasteiger partial charge in [-0.3, -0.25) is 4.99 Å². The molecule has 0 amide bonds. The molecule has 0 aliphatic rings. The number of hydrogen-bond donors (Lipinski definition) is 1.